The molecule has 1 aromatic carbocycles. The smallest absolute Gasteiger partial charge is 0.270 e. The van der Waals surface area contributed by atoms with Gasteiger partial charge in [-0.25, -0.2) is 9.97 Å². The van der Waals surface area contributed by atoms with Gasteiger partial charge in [-0.05, 0) is 62.0 Å². The van der Waals surface area contributed by atoms with Crippen LogP contribution in [-0.4, -0.2) is 43.6 Å². The fraction of sp³-hybridized carbons (Fsp3) is 0.483. The summed E-state index contributed by atoms with van der Waals surface area (Å²) in [5.41, 5.74) is 6.16. The van der Waals surface area contributed by atoms with Crippen LogP contribution in [0.2, 0.25) is 5.02 Å². The van der Waals surface area contributed by atoms with Crippen LogP contribution in [0, 0.1) is 11.3 Å². The number of aryl methyl sites for hydroxylation is 1. The number of amides is 1. The van der Waals surface area contributed by atoms with Gasteiger partial charge in [0.2, 0.25) is 5.88 Å². The van der Waals surface area contributed by atoms with E-state index in [2.05, 4.69) is 32.1 Å². The molecule has 2 fully saturated rings. The summed E-state index contributed by atoms with van der Waals surface area (Å²) in [4.78, 5) is 42.2. The van der Waals surface area contributed by atoms with Gasteiger partial charge < -0.3 is 21.1 Å². The highest BCUT2D eigenvalue weighted by molar-refractivity contribution is 7.99. The van der Waals surface area contributed by atoms with E-state index in [0.29, 0.717) is 39.9 Å². The number of aromatic nitrogens is 4. The molecular formula is C29H34ClN7O3S. The fourth-order valence-corrected chi connectivity index (χ4v) is 7.61. The zero-order valence-corrected chi connectivity index (χ0v) is 24.6. The number of nitrogens with one attached hydrogen (secondary N) is 1. The number of benzene rings is 1. The van der Waals surface area contributed by atoms with Crippen LogP contribution in [0.25, 0.3) is 0 Å². The summed E-state index contributed by atoms with van der Waals surface area (Å²) in [5.74, 6) is 1.05. The van der Waals surface area contributed by atoms with Gasteiger partial charge in [0.1, 0.15) is 16.7 Å². The van der Waals surface area contributed by atoms with Gasteiger partial charge in [-0.1, -0.05) is 42.8 Å². The normalized spacial score (nSPS) is 19.8. The Balaban J connectivity index is 1.16. The number of aromatic hydroxyl groups is 1. The van der Waals surface area contributed by atoms with Gasteiger partial charge in [-0.15, -0.1) is 0 Å². The van der Waals surface area contributed by atoms with E-state index in [1.165, 1.54) is 48.4 Å². The van der Waals surface area contributed by atoms with Gasteiger partial charge >= 0.3 is 0 Å². The topological polar surface area (TPSA) is 139 Å². The SMILES string of the molecule is C[C@H]1CCC2(CCN(c3cnc(Sc4cccc(NC(=O)c5c(O)nc6n(c5=O)CCCC6)c4Cl)c(N)n3)CC2)C1. The Kier molecular flexibility index (Phi) is 7.58. The van der Waals surface area contributed by atoms with E-state index >= 15 is 0 Å². The zero-order chi connectivity index (χ0) is 28.7. The lowest BCUT2D eigenvalue weighted by Gasteiger charge is -2.40. The van der Waals surface area contributed by atoms with Gasteiger partial charge in [0.15, 0.2) is 11.4 Å². The molecule has 3 aliphatic rings. The molecule has 41 heavy (non-hydrogen) atoms. The average Bonchev–Trinajstić information content (AvgIpc) is 3.31. The first kappa shape index (κ1) is 27.8. The van der Waals surface area contributed by atoms with Gasteiger partial charge in [0.25, 0.3) is 11.5 Å². The first-order valence-electron chi connectivity index (χ1n) is 14.2. The third-order valence-electron chi connectivity index (χ3n) is 8.75. The highest BCUT2D eigenvalue weighted by atomic mass is 35.5. The summed E-state index contributed by atoms with van der Waals surface area (Å²) >= 11 is 7.91. The van der Waals surface area contributed by atoms with Crippen molar-refractivity contribution >= 4 is 46.6 Å². The second-order valence-corrected chi connectivity index (χ2v) is 13.0. The molecule has 2 aromatic heterocycles. The number of nitrogens with two attached hydrogens (primary N) is 1. The largest absolute Gasteiger partial charge is 0.493 e. The number of hydrogen-bond acceptors (Lipinski definition) is 9. The summed E-state index contributed by atoms with van der Waals surface area (Å²) in [5, 5.41) is 13.8. The lowest BCUT2D eigenvalue weighted by atomic mass is 9.76. The minimum absolute atomic E-state index is 0.258. The molecule has 4 heterocycles. The number of nitrogens with zero attached hydrogens (tertiary/aromatic N) is 5. The predicted octanol–water partition coefficient (Wildman–Crippen LogP) is 5.12. The second-order valence-electron chi connectivity index (χ2n) is 11.6. The van der Waals surface area contributed by atoms with E-state index in [1.807, 2.05) is 0 Å². The number of rotatable bonds is 5. The van der Waals surface area contributed by atoms with Crippen LogP contribution in [0.15, 0.2) is 39.1 Å². The van der Waals surface area contributed by atoms with Crippen LogP contribution < -0.4 is 21.5 Å². The number of hydrogen-bond donors (Lipinski definition) is 3. The molecule has 6 rings (SSSR count). The minimum atomic E-state index is -0.774. The molecular weight excluding hydrogens is 562 g/mol. The number of anilines is 3. The van der Waals surface area contributed by atoms with E-state index in [-0.39, 0.29) is 10.7 Å². The lowest BCUT2D eigenvalue weighted by molar-refractivity contribution is 0.102. The molecule has 1 atom stereocenters. The first-order valence-corrected chi connectivity index (χ1v) is 15.4. The van der Waals surface area contributed by atoms with Crippen molar-refractivity contribution in [2.24, 2.45) is 11.3 Å². The number of carbonyl (C=O) groups excluding carboxylic acids is 1. The van der Waals surface area contributed by atoms with Crippen LogP contribution in [0.3, 0.4) is 0 Å². The van der Waals surface area contributed by atoms with Crippen molar-refractivity contribution in [2.45, 2.75) is 74.8 Å². The number of nitrogen functional groups attached to an aromatic ring is 1. The van der Waals surface area contributed by atoms with E-state index in [0.717, 1.165) is 37.7 Å². The van der Waals surface area contributed by atoms with Crippen molar-refractivity contribution in [3.63, 3.8) is 0 Å². The third-order valence-corrected chi connectivity index (χ3v) is 10.3. The van der Waals surface area contributed by atoms with Gasteiger partial charge in [0, 0.05) is 31.0 Å². The van der Waals surface area contributed by atoms with Crippen molar-refractivity contribution in [1.29, 1.82) is 0 Å². The van der Waals surface area contributed by atoms with Crippen molar-refractivity contribution < 1.29 is 9.90 Å². The number of carbonyl (C=O) groups is 1. The maximum Gasteiger partial charge on any atom is 0.270 e. The Morgan fingerprint density at radius 2 is 2.00 bits per heavy atom. The quantitative estimate of drug-likeness (QED) is 0.366. The van der Waals surface area contributed by atoms with Crippen molar-refractivity contribution in [2.75, 3.05) is 29.0 Å². The minimum Gasteiger partial charge on any atom is -0.493 e. The van der Waals surface area contributed by atoms with Crippen molar-refractivity contribution in [3.8, 4) is 5.88 Å². The molecule has 4 N–H and O–H groups in total. The molecule has 1 aliphatic carbocycles. The van der Waals surface area contributed by atoms with Crippen molar-refractivity contribution in [1.82, 2.24) is 19.5 Å². The molecule has 216 valence electrons. The maximum atomic E-state index is 13.1. The Bertz CT molecular complexity index is 1550. The highest BCUT2D eigenvalue weighted by Crippen LogP contribution is 2.49. The fourth-order valence-electron chi connectivity index (χ4n) is 6.51. The van der Waals surface area contributed by atoms with Crippen LogP contribution >= 0.6 is 23.4 Å². The van der Waals surface area contributed by atoms with Gasteiger partial charge in [-0.3, -0.25) is 14.2 Å². The lowest BCUT2D eigenvalue weighted by Crippen LogP contribution is -2.39. The summed E-state index contributed by atoms with van der Waals surface area (Å²) in [6.07, 6.45) is 10.4. The van der Waals surface area contributed by atoms with E-state index in [1.54, 1.807) is 24.4 Å². The van der Waals surface area contributed by atoms with Crippen LogP contribution in [-0.2, 0) is 13.0 Å². The molecule has 0 bridgehead atoms. The Hall–Kier alpha value is -3.31. The van der Waals surface area contributed by atoms with Crippen LogP contribution in [0.1, 0.15) is 68.1 Å². The van der Waals surface area contributed by atoms with E-state index < -0.39 is 22.9 Å². The Morgan fingerprint density at radius 1 is 1.20 bits per heavy atom. The second kappa shape index (κ2) is 11.2. The zero-order valence-electron chi connectivity index (χ0n) is 23.0. The molecule has 2 aliphatic heterocycles. The van der Waals surface area contributed by atoms with Crippen LogP contribution in [0.5, 0.6) is 5.88 Å². The summed E-state index contributed by atoms with van der Waals surface area (Å²) in [7, 11) is 0. The van der Waals surface area contributed by atoms with Crippen molar-refractivity contribution in [3.05, 3.63) is 51.2 Å². The molecule has 1 spiro atoms. The number of piperidine rings is 1. The molecule has 1 saturated heterocycles. The molecule has 1 amide bonds. The summed E-state index contributed by atoms with van der Waals surface area (Å²) in [6.45, 7) is 4.74. The molecule has 0 radical (unpaired) electrons. The predicted molar refractivity (Wildman–Crippen MR) is 160 cm³/mol. The molecule has 10 nitrogen and oxygen atoms in total. The summed E-state index contributed by atoms with van der Waals surface area (Å²) < 4.78 is 1.45. The van der Waals surface area contributed by atoms with Gasteiger partial charge in [-0.2, -0.15) is 4.98 Å². The monoisotopic (exact) mass is 595 g/mol. The highest BCUT2D eigenvalue weighted by Gasteiger charge is 2.40. The molecule has 0 unspecified atom stereocenters. The Labute approximate surface area is 247 Å². The van der Waals surface area contributed by atoms with E-state index in [4.69, 9.17) is 17.3 Å². The molecule has 12 heteroatoms. The number of halogens is 1. The average molecular weight is 596 g/mol. The van der Waals surface area contributed by atoms with E-state index in [9.17, 15) is 14.7 Å². The third kappa shape index (κ3) is 5.49. The maximum absolute atomic E-state index is 13.1. The molecule has 1 saturated carbocycles. The summed E-state index contributed by atoms with van der Waals surface area (Å²) in [6, 6.07) is 5.14. The number of fused-ring (bicyclic) bond motifs is 1. The van der Waals surface area contributed by atoms with Gasteiger partial charge in [0.05, 0.1) is 16.9 Å². The standard InChI is InChI=1S/C29H34ClN7O3S/c1-17-8-9-29(15-17)10-13-36(14-11-29)21-16-32-27(24(31)34-21)41-19-6-4-5-18(23(19)30)33-25(38)22-26(39)35-20-7-2-3-12-37(20)28(22)40/h4-6,16-17,39H,2-3,7-15H2,1H3,(H2,31,34)(H,33,38)/t17-/m0/s1. The van der Waals surface area contributed by atoms with Crippen LogP contribution in [0.4, 0.5) is 17.3 Å². The first-order chi connectivity index (χ1) is 19.7. The molecule has 3 aromatic rings. The Morgan fingerprint density at radius 3 is 2.73 bits per heavy atom.